The Morgan fingerprint density at radius 3 is 2.63 bits per heavy atom. The van der Waals surface area contributed by atoms with Crippen LogP contribution >= 0.6 is 0 Å². The Hall–Kier alpha value is -1.85. The number of carbonyl (C=O) groups is 1. The number of hydrogen-bond acceptors (Lipinski definition) is 9. The van der Waals surface area contributed by atoms with E-state index in [0.29, 0.717) is 51.4 Å². The Kier molecular flexibility index (Phi) is 13.7. The van der Waals surface area contributed by atoms with Crippen molar-refractivity contribution in [2.24, 2.45) is 5.92 Å². The summed E-state index contributed by atoms with van der Waals surface area (Å²) < 4.78 is 17.7. The van der Waals surface area contributed by atoms with Gasteiger partial charge in [0.25, 0.3) is 0 Å². The average molecular weight is 579 g/mol. The molecular weight excluding hydrogens is 528 g/mol. The van der Waals surface area contributed by atoms with Gasteiger partial charge < -0.3 is 39.7 Å². The summed E-state index contributed by atoms with van der Waals surface area (Å²) >= 11 is 0. The van der Waals surface area contributed by atoms with Gasteiger partial charge >= 0.3 is 5.97 Å². The van der Waals surface area contributed by atoms with Crippen LogP contribution in [0, 0.1) is 5.92 Å². The lowest BCUT2D eigenvalue weighted by molar-refractivity contribution is -0.340. The van der Waals surface area contributed by atoms with Crippen molar-refractivity contribution in [1.82, 2.24) is 0 Å². The summed E-state index contributed by atoms with van der Waals surface area (Å²) in [6.45, 7) is 3.97. The number of aliphatic hydroxyl groups is 5. The molecule has 9 heteroatoms. The maximum atomic E-state index is 12.9. The molecule has 5 N–H and O–H groups in total. The zero-order valence-electron chi connectivity index (χ0n) is 24.5. The van der Waals surface area contributed by atoms with E-state index in [4.69, 9.17) is 19.3 Å². The van der Waals surface area contributed by atoms with Crippen LogP contribution in [0.2, 0.25) is 0 Å². The Labute approximate surface area is 244 Å². The summed E-state index contributed by atoms with van der Waals surface area (Å²) in [6.07, 6.45) is 13.8. The molecule has 232 valence electrons. The van der Waals surface area contributed by atoms with E-state index >= 15 is 0 Å². The number of hydrogen-bond donors (Lipinski definition) is 5. The van der Waals surface area contributed by atoms with Gasteiger partial charge in [0.15, 0.2) is 11.9 Å². The van der Waals surface area contributed by atoms with Crippen LogP contribution in [0.5, 0.6) is 0 Å². The Balaban J connectivity index is 1.57. The van der Waals surface area contributed by atoms with Crippen molar-refractivity contribution >= 4 is 5.97 Å². The van der Waals surface area contributed by atoms with E-state index in [1.807, 2.05) is 49.5 Å². The number of fused-ring (bicyclic) bond motifs is 4. The first-order valence-electron chi connectivity index (χ1n) is 15.2. The quantitative estimate of drug-likeness (QED) is 0.194. The molecule has 0 aromatic carbocycles. The molecule has 0 spiro atoms. The van der Waals surface area contributed by atoms with Crippen molar-refractivity contribution in [3.8, 4) is 0 Å². The van der Waals surface area contributed by atoms with Gasteiger partial charge in [0.2, 0.25) is 0 Å². The molecule has 3 rings (SSSR count). The zero-order valence-corrected chi connectivity index (χ0v) is 24.5. The zero-order chi connectivity index (χ0) is 29.8. The van der Waals surface area contributed by atoms with Gasteiger partial charge in [-0.2, -0.15) is 0 Å². The molecule has 0 saturated carbocycles. The van der Waals surface area contributed by atoms with Crippen LogP contribution in [-0.2, 0) is 19.0 Å². The molecule has 0 radical (unpaired) electrons. The van der Waals surface area contributed by atoms with Gasteiger partial charge in [-0.15, -0.1) is 0 Å². The fourth-order valence-corrected chi connectivity index (χ4v) is 5.73. The van der Waals surface area contributed by atoms with Gasteiger partial charge in [-0.25, -0.2) is 4.79 Å². The molecule has 0 aromatic heterocycles. The summed E-state index contributed by atoms with van der Waals surface area (Å²) in [5.41, 5.74) is 1.17. The minimum atomic E-state index is -1.87. The first kappa shape index (κ1) is 33.6. The standard InChI is InChI=1S/C32H50O9/c1-22(11-6-4-3-5-9-20-33)12-7-8-13-24(34)21-26-14-10-15-27-23(2)29(35)30(36)32(38,41-27)19-18-25-16-17-28(39-25)31(37)40-26/h3-8,12,23-30,33-36,38H,9-11,13-21H2,1-2H3. The Morgan fingerprint density at radius 2 is 1.85 bits per heavy atom. The topological polar surface area (TPSA) is 146 Å². The molecule has 3 saturated heterocycles. The summed E-state index contributed by atoms with van der Waals surface area (Å²) in [7, 11) is 0. The summed E-state index contributed by atoms with van der Waals surface area (Å²) in [5.74, 6) is -2.67. The van der Waals surface area contributed by atoms with Gasteiger partial charge in [-0.05, 0) is 64.7 Å². The minimum absolute atomic E-state index is 0.0946. The molecule has 0 aliphatic carbocycles. The smallest absolute Gasteiger partial charge is 0.335 e. The average Bonchev–Trinajstić information content (AvgIpc) is 3.42. The molecule has 9 atom stereocenters. The third kappa shape index (κ3) is 10.4. The highest BCUT2D eigenvalue weighted by molar-refractivity contribution is 5.75. The van der Waals surface area contributed by atoms with E-state index in [1.54, 1.807) is 6.92 Å². The third-order valence-electron chi connectivity index (χ3n) is 8.34. The molecule has 41 heavy (non-hydrogen) atoms. The van der Waals surface area contributed by atoms with E-state index in [-0.39, 0.29) is 31.5 Å². The molecule has 4 bridgehead atoms. The summed E-state index contributed by atoms with van der Waals surface area (Å²) in [6, 6.07) is 0. The van der Waals surface area contributed by atoms with Crippen molar-refractivity contribution in [2.45, 2.75) is 133 Å². The van der Waals surface area contributed by atoms with Gasteiger partial charge in [0.1, 0.15) is 12.2 Å². The maximum Gasteiger partial charge on any atom is 0.335 e. The van der Waals surface area contributed by atoms with Gasteiger partial charge in [-0.3, -0.25) is 0 Å². The number of esters is 1. The van der Waals surface area contributed by atoms with Crippen molar-refractivity contribution in [1.29, 1.82) is 0 Å². The van der Waals surface area contributed by atoms with Crippen molar-refractivity contribution in [3.05, 3.63) is 48.1 Å². The van der Waals surface area contributed by atoms with Crippen LogP contribution < -0.4 is 0 Å². The fraction of sp³-hybridized carbons (Fsp3) is 0.719. The van der Waals surface area contributed by atoms with E-state index in [0.717, 1.165) is 6.42 Å². The highest BCUT2D eigenvalue weighted by Gasteiger charge is 2.51. The van der Waals surface area contributed by atoms with Crippen LogP contribution in [0.25, 0.3) is 0 Å². The highest BCUT2D eigenvalue weighted by atomic mass is 16.7. The highest BCUT2D eigenvalue weighted by Crippen LogP contribution is 2.38. The SMILES string of the molecule is CC(=CC=CCC(O)CC1CCCC2OC(O)(CCC3CCC(O3)C(=O)O1)C(O)C(O)C2C)CC=CC=CCCO. The van der Waals surface area contributed by atoms with E-state index < -0.39 is 48.4 Å². The molecule has 3 aliphatic heterocycles. The summed E-state index contributed by atoms with van der Waals surface area (Å²) in [5, 5.41) is 51.8. The lowest BCUT2D eigenvalue weighted by Crippen LogP contribution is -2.61. The Morgan fingerprint density at radius 1 is 1.07 bits per heavy atom. The lowest BCUT2D eigenvalue weighted by Gasteiger charge is -2.47. The summed E-state index contributed by atoms with van der Waals surface area (Å²) in [4.78, 5) is 12.9. The molecule has 0 aromatic rings. The second kappa shape index (κ2) is 16.7. The number of carbonyl (C=O) groups excluding carboxylic acids is 1. The largest absolute Gasteiger partial charge is 0.460 e. The molecule has 9 unspecified atom stereocenters. The monoisotopic (exact) mass is 578 g/mol. The fourth-order valence-electron chi connectivity index (χ4n) is 5.73. The van der Waals surface area contributed by atoms with Gasteiger partial charge in [0.05, 0.1) is 24.4 Å². The van der Waals surface area contributed by atoms with Crippen LogP contribution in [0.4, 0.5) is 0 Å². The van der Waals surface area contributed by atoms with E-state index in [1.165, 1.54) is 5.57 Å². The van der Waals surface area contributed by atoms with E-state index in [9.17, 15) is 25.2 Å². The maximum absolute atomic E-state index is 12.9. The molecule has 0 amide bonds. The predicted molar refractivity (Wildman–Crippen MR) is 155 cm³/mol. The lowest BCUT2D eigenvalue weighted by atomic mass is 9.82. The van der Waals surface area contributed by atoms with Crippen molar-refractivity contribution < 1.29 is 44.5 Å². The number of cyclic esters (lactones) is 1. The first-order chi connectivity index (χ1) is 19.6. The number of aliphatic hydroxyl groups excluding tert-OH is 4. The molecule has 3 fully saturated rings. The normalized spacial score (nSPS) is 36.6. The third-order valence-corrected chi connectivity index (χ3v) is 8.34. The number of rotatable bonds is 10. The van der Waals surface area contributed by atoms with Crippen molar-refractivity contribution in [3.63, 3.8) is 0 Å². The van der Waals surface area contributed by atoms with Gasteiger partial charge in [-0.1, -0.05) is 55.0 Å². The second-order valence-electron chi connectivity index (χ2n) is 11.8. The van der Waals surface area contributed by atoms with E-state index in [2.05, 4.69) is 0 Å². The van der Waals surface area contributed by atoms with Crippen LogP contribution in [0.3, 0.4) is 0 Å². The molecular formula is C32H50O9. The van der Waals surface area contributed by atoms with Gasteiger partial charge in [0, 0.05) is 25.4 Å². The molecule has 3 aliphatic rings. The Bertz CT molecular complexity index is 928. The number of ether oxygens (including phenoxy) is 3. The predicted octanol–water partition coefficient (Wildman–Crippen LogP) is 3.38. The minimum Gasteiger partial charge on any atom is -0.460 e. The van der Waals surface area contributed by atoms with Crippen LogP contribution in [-0.4, -0.2) is 86.6 Å². The van der Waals surface area contributed by atoms with Crippen molar-refractivity contribution in [2.75, 3.05) is 6.61 Å². The molecule has 3 heterocycles. The van der Waals surface area contributed by atoms with Crippen LogP contribution in [0.1, 0.15) is 84.5 Å². The first-order valence-corrected chi connectivity index (χ1v) is 15.2. The van der Waals surface area contributed by atoms with Crippen LogP contribution in [0.15, 0.2) is 48.1 Å². The molecule has 9 nitrogen and oxygen atoms in total. The number of allylic oxidation sites excluding steroid dienone is 6. The second-order valence-corrected chi connectivity index (χ2v) is 11.8.